The molecule has 0 spiro atoms. The van der Waals surface area contributed by atoms with Crippen LogP contribution in [0.25, 0.3) is 0 Å². The van der Waals surface area contributed by atoms with Crippen LogP contribution in [0.2, 0.25) is 0 Å². The van der Waals surface area contributed by atoms with Gasteiger partial charge in [-0.15, -0.1) is 12.4 Å². The standard InChI is InChI=1S/C15H22N2OS.ClH/c1-16-9-5-8-15(18)17-10-11-19-12-14(17)13-6-3-2-4-7-13;/h2-4,6-7,14,16H,5,8-12H2,1H3;1H. The smallest absolute Gasteiger partial charge is 0.223 e. The largest absolute Gasteiger partial charge is 0.334 e. The predicted octanol–water partition coefficient (Wildman–Crippen LogP) is 2.72. The average molecular weight is 315 g/mol. The maximum Gasteiger partial charge on any atom is 0.223 e. The topological polar surface area (TPSA) is 32.3 Å². The van der Waals surface area contributed by atoms with Crippen molar-refractivity contribution in [1.82, 2.24) is 10.2 Å². The summed E-state index contributed by atoms with van der Waals surface area (Å²) in [5, 5.41) is 3.09. The molecule has 0 bridgehead atoms. The second-order valence-corrected chi connectivity index (χ2v) is 5.95. The Morgan fingerprint density at radius 1 is 1.40 bits per heavy atom. The van der Waals surface area contributed by atoms with Gasteiger partial charge < -0.3 is 10.2 Å². The molecule has 20 heavy (non-hydrogen) atoms. The van der Waals surface area contributed by atoms with E-state index in [9.17, 15) is 4.79 Å². The number of hydrogen-bond acceptors (Lipinski definition) is 3. The van der Waals surface area contributed by atoms with E-state index in [4.69, 9.17) is 0 Å². The minimum absolute atomic E-state index is 0. The molecule has 1 aliphatic rings. The van der Waals surface area contributed by atoms with Crippen LogP contribution in [-0.4, -0.2) is 42.4 Å². The summed E-state index contributed by atoms with van der Waals surface area (Å²) >= 11 is 1.94. The van der Waals surface area contributed by atoms with E-state index in [-0.39, 0.29) is 18.4 Å². The first-order chi connectivity index (χ1) is 9.33. The van der Waals surface area contributed by atoms with Crippen molar-refractivity contribution in [2.75, 3.05) is 31.6 Å². The van der Waals surface area contributed by atoms with E-state index in [2.05, 4.69) is 34.5 Å². The first kappa shape index (κ1) is 17.3. The molecule has 1 atom stereocenters. The molecule has 112 valence electrons. The molecule has 1 heterocycles. The minimum atomic E-state index is 0. The quantitative estimate of drug-likeness (QED) is 0.848. The van der Waals surface area contributed by atoms with Gasteiger partial charge in [-0.3, -0.25) is 4.79 Å². The Kier molecular flexibility index (Phi) is 8.04. The second-order valence-electron chi connectivity index (χ2n) is 4.80. The highest BCUT2D eigenvalue weighted by Crippen LogP contribution is 2.29. The molecule has 1 aromatic carbocycles. The molecule has 5 heteroatoms. The number of benzene rings is 1. The minimum Gasteiger partial charge on any atom is -0.334 e. The van der Waals surface area contributed by atoms with Crippen molar-refractivity contribution in [2.45, 2.75) is 18.9 Å². The van der Waals surface area contributed by atoms with Crippen LogP contribution in [0.1, 0.15) is 24.4 Å². The first-order valence-corrected chi connectivity index (χ1v) is 8.05. The summed E-state index contributed by atoms with van der Waals surface area (Å²) in [5.41, 5.74) is 1.26. The van der Waals surface area contributed by atoms with Crippen LogP contribution in [0, 0.1) is 0 Å². The molecular formula is C15H23ClN2OS. The zero-order valence-electron chi connectivity index (χ0n) is 11.9. The highest BCUT2D eigenvalue weighted by molar-refractivity contribution is 7.99. The van der Waals surface area contributed by atoms with Crippen LogP contribution in [-0.2, 0) is 4.79 Å². The maximum atomic E-state index is 12.3. The van der Waals surface area contributed by atoms with Crippen LogP contribution in [0.15, 0.2) is 30.3 Å². The normalized spacial score (nSPS) is 18.4. The van der Waals surface area contributed by atoms with Crippen molar-refractivity contribution < 1.29 is 4.79 Å². The first-order valence-electron chi connectivity index (χ1n) is 6.89. The average Bonchev–Trinajstić information content (AvgIpc) is 2.48. The molecule has 2 rings (SSSR count). The van der Waals surface area contributed by atoms with Gasteiger partial charge >= 0.3 is 0 Å². The lowest BCUT2D eigenvalue weighted by atomic mass is 10.1. The van der Waals surface area contributed by atoms with Gasteiger partial charge in [-0.1, -0.05) is 30.3 Å². The molecule has 0 saturated carbocycles. The monoisotopic (exact) mass is 314 g/mol. The lowest BCUT2D eigenvalue weighted by molar-refractivity contribution is -0.133. The third-order valence-corrected chi connectivity index (χ3v) is 4.47. The highest BCUT2D eigenvalue weighted by atomic mass is 35.5. The van der Waals surface area contributed by atoms with Crippen LogP contribution in [0.3, 0.4) is 0 Å². The van der Waals surface area contributed by atoms with Gasteiger partial charge in [0.1, 0.15) is 0 Å². The highest BCUT2D eigenvalue weighted by Gasteiger charge is 2.27. The van der Waals surface area contributed by atoms with E-state index in [0.717, 1.165) is 31.0 Å². The number of hydrogen-bond donors (Lipinski definition) is 1. The molecule has 1 aromatic rings. The molecule has 0 radical (unpaired) electrons. The number of nitrogens with one attached hydrogen (secondary N) is 1. The van der Waals surface area contributed by atoms with Gasteiger partial charge in [0.05, 0.1) is 6.04 Å². The number of halogens is 1. The van der Waals surface area contributed by atoms with Gasteiger partial charge in [0.15, 0.2) is 0 Å². The molecule has 1 N–H and O–H groups in total. The van der Waals surface area contributed by atoms with E-state index >= 15 is 0 Å². The van der Waals surface area contributed by atoms with Crippen molar-refractivity contribution in [3.8, 4) is 0 Å². The summed E-state index contributed by atoms with van der Waals surface area (Å²) in [5.74, 6) is 2.37. The van der Waals surface area contributed by atoms with Gasteiger partial charge in [0.25, 0.3) is 0 Å². The van der Waals surface area contributed by atoms with Gasteiger partial charge in [0, 0.05) is 24.5 Å². The fourth-order valence-corrected chi connectivity index (χ4v) is 3.50. The van der Waals surface area contributed by atoms with Crippen molar-refractivity contribution >= 4 is 30.1 Å². The number of rotatable bonds is 5. The molecule has 1 fully saturated rings. The third kappa shape index (κ3) is 4.69. The number of thioether (sulfide) groups is 1. The summed E-state index contributed by atoms with van der Waals surface area (Å²) in [6, 6.07) is 10.6. The predicted molar refractivity (Wildman–Crippen MR) is 88.6 cm³/mol. The number of carbonyl (C=O) groups excluding carboxylic acids is 1. The Labute approximate surface area is 131 Å². The number of amides is 1. The van der Waals surface area contributed by atoms with Crippen molar-refractivity contribution in [3.05, 3.63) is 35.9 Å². The number of carbonyl (C=O) groups is 1. The fraction of sp³-hybridized carbons (Fsp3) is 0.533. The van der Waals surface area contributed by atoms with E-state index in [1.165, 1.54) is 5.56 Å². The Hall–Kier alpha value is -0.710. The van der Waals surface area contributed by atoms with E-state index in [1.54, 1.807) is 0 Å². The second kappa shape index (κ2) is 9.27. The lowest BCUT2D eigenvalue weighted by Crippen LogP contribution is -2.40. The third-order valence-electron chi connectivity index (χ3n) is 3.45. The Balaban J connectivity index is 0.00000200. The molecule has 1 unspecified atom stereocenters. The van der Waals surface area contributed by atoms with Gasteiger partial charge in [-0.25, -0.2) is 0 Å². The van der Waals surface area contributed by atoms with Gasteiger partial charge in [-0.05, 0) is 25.6 Å². The molecule has 1 amide bonds. The SMILES string of the molecule is CNCCCC(=O)N1CCSCC1c1ccccc1.Cl. The van der Waals surface area contributed by atoms with Crippen LogP contribution >= 0.6 is 24.2 Å². The molecule has 3 nitrogen and oxygen atoms in total. The molecule has 1 aliphatic heterocycles. The number of nitrogens with zero attached hydrogens (tertiary/aromatic N) is 1. The van der Waals surface area contributed by atoms with Crippen molar-refractivity contribution in [2.24, 2.45) is 0 Å². The summed E-state index contributed by atoms with van der Waals surface area (Å²) in [6.45, 7) is 1.78. The Morgan fingerprint density at radius 3 is 2.85 bits per heavy atom. The van der Waals surface area contributed by atoms with E-state index in [1.807, 2.05) is 24.9 Å². The van der Waals surface area contributed by atoms with Gasteiger partial charge in [-0.2, -0.15) is 11.8 Å². The summed E-state index contributed by atoms with van der Waals surface area (Å²) < 4.78 is 0. The lowest BCUT2D eigenvalue weighted by Gasteiger charge is -2.36. The molecule has 0 aliphatic carbocycles. The zero-order valence-corrected chi connectivity index (χ0v) is 13.5. The summed E-state index contributed by atoms with van der Waals surface area (Å²) in [6.07, 6.45) is 1.56. The Morgan fingerprint density at radius 2 is 2.15 bits per heavy atom. The fourth-order valence-electron chi connectivity index (χ4n) is 2.41. The van der Waals surface area contributed by atoms with Gasteiger partial charge in [0.2, 0.25) is 5.91 Å². The molecular weight excluding hydrogens is 292 g/mol. The van der Waals surface area contributed by atoms with Crippen molar-refractivity contribution in [1.29, 1.82) is 0 Å². The summed E-state index contributed by atoms with van der Waals surface area (Å²) in [4.78, 5) is 14.4. The zero-order chi connectivity index (χ0) is 13.5. The van der Waals surface area contributed by atoms with E-state index in [0.29, 0.717) is 12.3 Å². The molecule has 1 saturated heterocycles. The summed E-state index contributed by atoms with van der Waals surface area (Å²) in [7, 11) is 1.93. The Bertz CT molecular complexity index is 402. The van der Waals surface area contributed by atoms with E-state index < -0.39 is 0 Å². The van der Waals surface area contributed by atoms with Crippen molar-refractivity contribution in [3.63, 3.8) is 0 Å². The van der Waals surface area contributed by atoms with Crippen LogP contribution in [0.4, 0.5) is 0 Å². The van der Waals surface area contributed by atoms with Crippen LogP contribution in [0.5, 0.6) is 0 Å². The van der Waals surface area contributed by atoms with Crippen LogP contribution < -0.4 is 5.32 Å². The maximum absolute atomic E-state index is 12.3. The molecule has 0 aromatic heterocycles.